The number of nitrogens with two attached hydrogens (primary N) is 1. The molecular formula is C15H22N2O2S2. The molecule has 0 amide bonds. The van der Waals surface area contributed by atoms with Gasteiger partial charge in [-0.25, -0.2) is 8.42 Å². The van der Waals surface area contributed by atoms with Gasteiger partial charge in [-0.3, -0.25) is 0 Å². The summed E-state index contributed by atoms with van der Waals surface area (Å²) in [5.74, 6) is 1.23. The predicted octanol–water partition coefficient (Wildman–Crippen LogP) is 2.38. The van der Waals surface area contributed by atoms with Gasteiger partial charge in [-0.2, -0.15) is 4.31 Å². The predicted molar refractivity (Wildman–Crippen MR) is 88.7 cm³/mol. The van der Waals surface area contributed by atoms with Crippen molar-refractivity contribution in [2.24, 2.45) is 17.6 Å². The first kappa shape index (κ1) is 16.4. The molecule has 1 heterocycles. The number of thiocarbonyl (C=S) groups is 1. The van der Waals surface area contributed by atoms with Crippen LogP contribution in [0.4, 0.5) is 0 Å². The van der Waals surface area contributed by atoms with Crippen molar-refractivity contribution in [1.82, 2.24) is 4.31 Å². The standard InChI is InChI=1S/C15H22N2O2S2/c1-11(2)12-7-9-17(10-8-12)21(18,19)14-5-3-13(4-6-14)15(16)20/h3-6,11-12H,7-10H2,1-2H3,(H2,16,20). The average molecular weight is 326 g/mol. The second kappa shape index (κ2) is 6.42. The first-order valence-corrected chi connectivity index (χ1v) is 9.07. The van der Waals surface area contributed by atoms with Crippen LogP contribution in [0.25, 0.3) is 0 Å². The Labute approximate surface area is 132 Å². The highest BCUT2D eigenvalue weighted by Crippen LogP contribution is 2.28. The van der Waals surface area contributed by atoms with Crippen LogP contribution in [-0.4, -0.2) is 30.8 Å². The lowest BCUT2D eigenvalue weighted by molar-refractivity contribution is 0.226. The molecule has 0 bridgehead atoms. The van der Waals surface area contributed by atoms with Crippen molar-refractivity contribution in [3.8, 4) is 0 Å². The Morgan fingerprint density at radius 2 is 1.76 bits per heavy atom. The third kappa shape index (κ3) is 3.62. The minimum absolute atomic E-state index is 0.275. The van der Waals surface area contributed by atoms with E-state index >= 15 is 0 Å². The van der Waals surface area contributed by atoms with Crippen LogP contribution in [0.1, 0.15) is 32.3 Å². The van der Waals surface area contributed by atoms with Crippen molar-refractivity contribution in [2.45, 2.75) is 31.6 Å². The van der Waals surface area contributed by atoms with Crippen LogP contribution < -0.4 is 5.73 Å². The highest BCUT2D eigenvalue weighted by atomic mass is 32.2. The molecule has 0 saturated carbocycles. The first-order valence-electron chi connectivity index (χ1n) is 7.22. The summed E-state index contributed by atoms with van der Waals surface area (Å²) in [5, 5.41) is 0. The van der Waals surface area contributed by atoms with E-state index in [4.69, 9.17) is 18.0 Å². The zero-order valence-corrected chi connectivity index (χ0v) is 14.1. The maximum atomic E-state index is 12.6. The van der Waals surface area contributed by atoms with E-state index in [0.29, 0.717) is 35.4 Å². The lowest BCUT2D eigenvalue weighted by Crippen LogP contribution is -2.39. The van der Waals surface area contributed by atoms with Gasteiger partial charge in [0.05, 0.1) is 4.90 Å². The number of sulfonamides is 1. The van der Waals surface area contributed by atoms with Gasteiger partial charge >= 0.3 is 0 Å². The van der Waals surface area contributed by atoms with Gasteiger partial charge in [0, 0.05) is 18.7 Å². The lowest BCUT2D eigenvalue weighted by atomic mass is 9.87. The van der Waals surface area contributed by atoms with Gasteiger partial charge in [0.25, 0.3) is 0 Å². The fourth-order valence-electron chi connectivity index (χ4n) is 2.72. The van der Waals surface area contributed by atoms with Gasteiger partial charge in [-0.1, -0.05) is 38.2 Å². The zero-order chi connectivity index (χ0) is 15.6. The van der Waals surface area contributed by atoms with Crippen LogP contribution in [-0.2, 0) is 10.0 Å². The highest BCUT2D eigenvalue weighted by Gasteiger charge is 2.30. The van der Waals surface area contributed by atoms with Gasteiger partial charge in [0.1, 0.15) is 4.99 Å². The number of nitrogens with zero attached hydrogens (tertiary/aromatic N) is 1. The minimum Gasteiger partial charge on any atom is -0.389 e. The van der Waals surface area contributed by atoms with E-state index in [2.05, 4.69) is 13.8 Å². The Morgan fingerprint density at radius 1 is 1.24 bits per heavy atom. The molecule has 21 heavy (non-hydrogen) atoms. The van der Waals surface area contributed by atoms with Gasteiger partial charge < -0.3 is 5.73 Å². The smallest absolute Gasteiger partial charge is 0.243 e. The maximum Gasteiger partial charge on any atom is 0.243 e. The van der Waals surface area contributed by atoms with Crippen molar-refractivity contribution in [1.29, 1.82) is 0 Å². The van der Waals surface area contributed by atoms with Crippen molar-refractivity contribution in [3.63, 3.8) is 0 Å². The topological polar surface area (TPSA) is 63.4 Å². The molecule has 1 aliphatic heterocycles. The van der Waals surface area contributed by atoms with Crippen LogP contribution in [0.2, 0.25) is 0 Å². The van der Waals surface area contributed by atoms with Gasteiger partial charge in [-0.05, 0) is 36.8 Å². The Kier molecular flexibility index (Phi) is 5.01. The molecule has 1 fully saturated rings. The summed E-state index contributed by atoms with van der Waals surface area (Å²) >= 11 is 4.88. The van der Waals surface area contributed by atoms with E-state index in [9.17, 15) is 8.42 Å². The van der Waals surface area contributed by atoms with E-state index in [0.717, 1.165) is 12.8 Å². The summed E-state index contributed by atoms with van der Waals surface area (Å²) < 4.78 is 26.8. The third-order valence-corrected chi connectivity index (χ3v) is 6.37. The summed E-state index contributed by atoms with van der Waals surface area (Å²) in [7, 11) is -3.40. The number of benzene rings is 1. The van der Waals surface area contributed by atoms with Crippen molar-refractivity contribution < 1.29 is 8.42 Å². The van der Waals surface area contributed by atoms with E-state index in [1.807, 2.05) is 0 Å². The second-order valence-corrected chi connectivity index (χ2v) is 8.25. The molecule has 116 valence electrons. The molecule has 0 aromatic heterocycles. The van der Waals surface area contributed by atoms with Crippen LogP contribution in [0, 0.1) is 11.8 Å². The van der Waals surface area contributed by atoms with Crippen molar-refractivity contribution in [2.75, 3.05) is 13.1 Å². The summed E-state index contributed by atoms with van der Waals surface area (Å²) in [6.07, 6.45) is 1.86. The number of hydrogen-bond acceptors (Lipinski definition) is 3. The zero-order valence-electron chi connectivity index (χ0n) is 12.5. The fraction of sp³-hybridized carbons (Fsp3) is 0.533. The van der Waals surface area contributed by atoms with Crippen molar-refractivity contribution >= 4 is 27.2 Å². The normalized spacial score (nSPS) is 18.0. The van der Waals surface area contributed by atoms with Gasteiger partial charge in [0.15, 0.2) is 0 Å². The van der Waals surface area contributed by atoms with Crippen LogP contribution in [0.15, 0.2) is 29.2 Å². The molecule has 0 aliphatic carbocycles. The van der Waals surface area contributed by atoms with E-state index in [1.54, 1.807) is 28.6 Å². The quantitative estimate of drug-likeness (QED) is 0.863. The number of hydrogen-bond donors (Lipinski definition) is 1. The fourth-order valence-corrected chi connectivity index (χ4v) is 4.33. The van der Waals surface area contributed by atoms with Crippen LogP contribution >= 0.6 is 12.2 Å². The second-order valence-electron chi connectivity index (χ2n) is 5.87. The molecule has 4 nitrogen and oxygen atoms in total. The van der Waals surface area contributed by atoms with Gasteiger partial charge in [-0.15, -0.1) is 0 Å². The molecule has 6 heteroatoms. The summed E-state index contributed by atoms with van der Waals surface area (Å²) in [6, 6.07) is 6.49. The molecule has 0 spiro atoms. The summed E-state index contributed by atoms with van der Waals surface area (Å²) in [5.41, 5.74) is 6.21. The molecule has 2 N–H and O–H groups in total. The number of rotatable bonds is 4. The largest absolute Gasteiger partial charge is 0.389 e. The summed E-state index contributed by atoms with van der Waals surface area (Å²) in [4.78, 5) is 0.585. The summed E-state index contributed by atoms with van der Waals surface area (Å²) in [6.45, 7) is 5.59. The molecule has 1 aromatic carbocycles. The third-order valence-electron chi connectivity index (χ3n) is 4.22. The monoisotopic (exact) mass is 326 g/mol. The minimum atomic E-state index is -3.40. The SMILES string of the molecule is CC(C)C1CCN(S(=O)(=O)c2ccc(C(N)=S)cc2)CC1. The lowest BCUT2D eigenvalue weighted by Gasteiger charge is -2.33. The average Bonchev–Trinajstić information content (AvgIpc) is 2.47. The first-order chi connectivity index (χ1) is 9.82. The Morgan fingerprint density at radius 3 is 2.19 bits per heavy atom. The molecule has 2 rings (SSSR count). The van der Waals surface area contributed by atoms with E-state index in [-0.39, 0.29) is 4.99 Å². The van der Waals surface area contributed by atoms with Crippen molar-refractivity contribution in [3.05, 3.63) is 29.8 Å². The molecule has 1 saturated heterocycles. The van der Waals surface area contributed by atoms with Crippen LogP contribution in [0.5, 0.6) is 0 Å². The highest BCUT2D eigenvalue weighted by molar-refractivity contribution is 7.89. The van der Waals surface area contributed by atoms with Crippen LogP contribution in [0.3, 0.4) is 0 Å². The Bertz CT molecular complexity index is 601. The number of piperidine rings is 1. The van der Waals surface area contributed by atoms with E-state index < -0.39 is 10.0 Å². The van der Waals surface area contributed by atoms with Gasteiger partial charge in [0.2, 0.25) is 10.0 Å². The Hall–Kier alpha value is -0.980. The Balaban J connectivity index is 2.13. The molecule has 1 aromatic rings. The molecule has 1 aliphatic rings. The molecule has 0 atom stereocenters. The maximum absolute atomic E-state index is 12.6. The molecule has 0 unspecified atom stereocenters. The molecular weight excluding hydrogens is 304 g/mol. The molecule has 0 radical (unpaired) electrons. The van der Waals surface area contributed by atoms with E-state index in [1.165, 1.54) is 0 Å².